The number of allylic oxidation sites excluding steroid dienone is 1. The van der Waals surface area contributed by atoms with Gasteiger partial charge in [0.1, 0.15) is 16.7 Å². The van der Waals surface area contributed by atoms with Gasteiger partial charge in [-0.05, 0) is 35.7 Å². The minimum absolute atomic E-state index is 0.0529. The van der Waals surface area contributed by atoms with Crippen LogP contribution in [0.2, 0.25) is 0 Å². The number of nitrogens with zero attached hydrogens (tertiary/aromatic N) is 1. The van der Waals surface area contributed by atoms with E-state index in [0.29, 0.717) is 11.8 Å². The Labute approximate surface area is 154 Å². The van der Waals surface area contributed by atoms with Gasteiger partial charge in [0.15, 0.2) is 5.17 Å². The van der Waals surface area contributed by atoms with E-state index < -0.39 is 11.6 Å². The van der Waals surface area contributed by atoms with Crippen LogP contribution in [-0.4, -0.2) is 47.5 Å². The molecule has 2 aliphatic rings. The van der Waals surface area contributed by atoms with Crippen molar-refractivity contribution in [2.45, 2.75) is 0 Å². The van der Waals surface area contributed by atoms with Gasteiger partial charge >= 0.3 is 0 Å². The van der Waals surface area contributed by atoms with Gasteiger partial charge in [0, 0.05) is 55.3 Å². The van der Waals surface area contributed by atoms with E-state index in [1.807, 2.05) is 4.90 Å². The van der Waals surface area contributed by atoms with Gasteiger partial charge < -0.3 is 21.4 Å². The summed E-state index contributed by atoms with van der Waals surface area (Å²) < 4.78 is 28.6. The average molecular weight is 378 g/mol. The highest BCUT2D eigenvalue weighted by molar-refractivity contribution is 8.26. The van der Waals surface area contributed by atoms with Crippen LogP contribution in [0.5, 0.6) is 0 Å². The summed E-state index contributed by atoms with van der Waals surface area (Å²) in [6.07, 6.45) is 1.87. The topological polar surface area (TPSA) is 113 Å². The Balaban J connectivity index is 1.73. The quantitative estimate of drug-likeness (QED) is 0.409. The molecule has 6 N–H and O–H groups in total. The number of amidine groups is 1. The maximum atomic E-state index is 14.4. The molecule has 2 atom stereocenters. The minimum atomic E-state index is -0.782. The summed E-state index contributed by atoms with van der Waals surface area (Å²) in [7, 11) is 0. The fraction of sp³-hybridized carbons (Fsp3) is 0.353. The summed E-state index contributed by atoms with van der Waals surface area (Å²) in [5, 5.41) is 26.7. The number of hydrogen-bond donors (Lipinski definition) is 5. The number of hydrogen-bond acceptors (Lipinski definition) is 6. The van der Waals surface area contributed by atoms with Crippen LogP contribution >= 0.6 is 11.8 Å². The molecular formula is C17H20F2N6S. The van der Waals surface area contributed by atoms with E-state index in [1.54, 1.807) is 0 Å². The Morgan fingerprint density at radius 1 is 1.15 bits per heavy atom. The van der Waals surface area contributed by atoms with Crippen LogP contribution < -0.4 is 11.1 Å². The third-order valence-electron chi connectivity index (χ3n) is 4.82. The van der Waals surface area contributed by atoms with Crippen LogP contribution in [0, 0.1) is 39.7 Å². The smallest absolute Gasteiger partial charge is 0.162 e. The molecule has 0 spiro atoms. The lowest BCUT2D eigenvalue weighted by Crippen LogP contribution is -2.30. The van der Waals surface area contributed by atoms with Crippen LogP contribution in [0.1, 0.15) is 11.1 Å². The number of benzene rings is 1. The standard InChI is InChI=1S/C17H20F2N6S/c18-14-2-13(15(19)1-12(14)9(3-20)4-21)16(22)26-17(23)25-7-10-5-24-6-11(10)8-25/h1-4,10-11,20,22-24H,5-8,21H2/b9-4+,20-3?,22-16?,23-17?. The molecule has 0 aliphatic carbocycles. The van der Waals surface area contributed by atoms with Crippen molar-refractivity contribution in [3.8, 4) is 0 Å². The third kappa shape index (κ3) is 3.49. The first kappa shape index (κ1) is 18.5. The molecule has 3 rings (SSSR count). The largest absolute Gasteiger partial charge is 0.404 e. The van der Waals surface area contributed by atoms with Crippen LogP contribution in [-0.2, 0) is 0 Å². The molecule has 0 radical (unpaired) electrons. The third-order valence-corrected chi connectivity index (χ3v) is 5.70. The highest BCUT2D eigenvalue weighted by Crippen LogP contribution is 2.30. The maximum absolute atomic E-state index is 14.4. The molecule has 0 saturated carbocycles. The summed E-state index contributed by atoms with van der Waals surface area (Å²) >= 11 is 0.819. The number of nitrogens with two attached hydrogens (primary N) is 1. The second-order valence-electron chi connectivity index (χ2n) is 6.40. The van der Waals surface area contributed by atoms with E-state index in [-0.39, 0.29) is 26.9 Å². The Kier molecular flexibility index (Phi) is 5.38. The molecular weight excluding hydrogens is 358 g/mol. The highest BCUT2D eigenvalue weighted by Gasteiger charge is 2.37. The molecule has 138 valence electrons. The van der Waals surface area contributed by atoms with Crippen molar-refractivity contribution in [2.24, 2.45) is 17.6 Å². The number of halogens is 2. The van der Waals surface area contributed by atoms with Crippen LogP contribution in [0.25, 0.3) is 5.57 Å². The number of rotatable bonds is 3. The van der Waals surface area contributed by atoms with Gasteiger partial charge in [0.25, 0.3) is 0 Å². The minimum Gasteiger partial charge on any atom is -0.404 e. The molecule has 2 saturated heterocycles. The zero-order valence-electron chi connectivity index (χ0n) is 14.0. The molecule has 0 amide bonds. The van der Waals surface area contributed by atoms with Crippen LogP contribution in [0.4, 0.5) is 8.78 Å². The van der Waals surface area contributed by atoms with Gasteiger partial charge in [0.2, 0.25) is 0 Å². The monoisotopic (exact) mass is 378 g/mol. The number of fused-ring (bicyclic) bond motifs is 1. The van der Waals surface area contributed by atoms with Gasteiger partial charge in [-0.3, -0.25) is 10.8 Å². The SMILES string of the molecule is N=C/C(=C\N)c1cc(F)c(C(=N)SC(=N)N2CC3CNCC3C2)cc1F. The van der Waals surface area contributed by atoms with Gasteiger partial charge in [-0.2, -0.15) is 0 Å². The molecule has 26 heavy (non-hydrogen) atoms. The van der Waals surface area contributed by atoms with Crippen LogP contribution in [0.15, 0.2) is 18.3 Å². The molecule has 9 heteroatoms. The lowest BCUT2D eigenvalue weighted by molar-refractivity contribution is 0.474. The fourth-order valence-electron chi connectivity index (χ4n) is 3.40. The highest BCUT2D eigenvalue weighted by atomic mass is 32.2. The van der Waals surface area contributed by atoms with Crippen molar-refractivity contribution in [1.29, 1.82) is 16.2 Å². The molecule has 2 fully saturated rings. The van der Waals surface area contributed by atoms with E-state index in [9.17, 15) is 8.78 Å². The van der Waals surface area contributed by atoms with E-state index in [1.165, 1.54) is 0 Å². The Morgan fingerprint density at radius 3 is 2.31 bits per heavy atom. The molecule has 2 heterocycles. The number of thioether (sulfide) groups is 1. The normalized spacial score (nSPS) is 22.4. The zero-order valence-corrected chi connectivity index (χ0v) is 14.8. The molecule has 6 nitrogen and oxygen atoms in total. The van der Waals surface area contributed by atoms with Crippen molar-refractivity contribution >= 4 is 33.8 Å². The average Bonchev–Trinajstić information content (AvgIpc) is 3.20. The van der Waals surface area contributed by atoms with Gasteiger partial charge in [-0.1, -0.05) is 0 Å². The Bertz CT molecular complexity index is 782. The lowest BCUT2D eigenvalue weighted by atomic mass is 10.0. The number of likely N-dealkylation sites (tertiary alicyclic amines) is 1. The van der Waals surface area contributed by atoms with Gasteiger partial charge in [-0.25, -0.2) is 8.78 Å². The van der Waals surface area contributed by atoms with E-state index in [0.717, 1.165) is 62.5 Å². The predicted octanol–water partition coefficient (Wildman–Crippen LogP) is 2.06. The second kappa shape index (κ2) is 7.55. The fourth-order valence-corrected chi connectivity index (χ4v) is 4.13. The van der Waals surface area contributed by atoms with E-state index in [4.69, 9.17) is 22.0 Å². The number of nitrogens with one attached hydrogen (secondary N) is 4. The molecule has 1 aromatic rings. The first-order chi connectivity index (χ1) is 12.4. The zero-order chi connectivity index (χ0) is 18.8. The summed E-state index contributed by atoms with van der Waals surface area (Å²) in [6, 6.07) is 1.85. The first-order valence-electron chi connectivity index (χ1n) is 8.17. The molecule has 0 bridgehead atoms. The maximum Gasteiger partial charge on any atom is 0.162 e. The van der Waals surface area contributed by atoms with Crippen molar-refractivity contribution in [2.75, 3.05) is 26.2 Å². The Morgan fingerprint density at radius 2 is 1.73 bits per heavy atom. The summed E-state index contributed by atoms with van der Waals surface area (Å²) in [6.45, 7) is 3.36. The van der Waals surface area contributed by atoms with E-state index in [2.05, 4.69) is 5.32 Å². The van der Waals surface area contributed by atoms with Crippen LogP contribution in [0.3, 0.4) is 0 Å². The molecule has 1 aromatic carbocycles. The lowest BCUT2D eigenvalue weighted by Gasteiger charge is -2.20. The molecule has 0 aromatic heterocycles. The van der Waals surface area contributed by atoms with E-state index >= 15 is 0 Å². The van der Waals surface area contributed by atoms with Crippen molar-refractivity contribution in [3.63, 3.8) is 0 Å². The predicted molar refractivity (Wildman–Crippen MR) is 101 cm³/mol. The van der Waals surface area contributed by atoms with Crippen molar-refractivity contribution in [3.05, 3.63) is 41.1 Å². The summed E-state index contributed by atoms with van der Waals surface area (Å²) in [5.41, 5.74) is 5.04. The van der Waals surface area contributed by atoms with Crippen molar-refractivity contribution in [1.82, 2.24) is 10.2 Å². The van der Waals surface area contributed by atoms with Gasteiger partial charge in [-0.15, -0.1) is 0 Å². The molecule has 2 aliphatic heterocycles. The summed E-state index contributed by atoms with van der Waals surface area (Å²) in [4.78, 5) is 1.89. The van der Waals surface area contributed by atoms with Crippen molar-refractivity contribution < 1.29 is 8.78 Å². The molecule has 2 unspecified atom stereocenters. The first-order valence-corrected chi connectivity index (χ1v) is 8.99. The Hall–Kier alpha value is -2.26. The summed E-state index contributed by atoms with van der Waals surface area (Å²) in [5.74, 6) is -0.543. The second-order valence-corrected chi connectivity index (χ2v) is 7.40. The van der Waals surface area contributed by atoms with Gasteiger partial charge in [0.05, 0.1) is 0 Å².